The number of nitrogens with zero attached hydrogens (tertiary/aromatic N) is 1. The maximum absolute atomic E-state index is 12.8. The highest BCUT2D eigenvalue weighted by Crippen LogP contribution is 2.16. The van der Waals surface area contributed by atoms with Gasteiger partial charge in [-0.15, -0.1) is 0 Å². The number of carbonyl (C=O) groups excluding carboxylic acids is 1. The average molecular weight is 295 g/mol. The van der Waals surface area contributed by atoms with Crippen LogP contribution in [0.3, 0.4) is 0 Å². The fourth-order valence-corrected chi connectivity index (χ4v) is 1.74. The lowest BCUT2D eigenvalue weighted by Gasteiger charge is -2.08. The molecule has 0 atom stereocenters. The van der Waals surface area contributed by atoms with Crippen molar-refractivity contribution in [3.63, 3.8) is 0 Å². The Morgan fingerprint density at radius 1 is 1.25 bits per heavy atom. The molecule has 1 amide bonds. The van der Waals surface area contributed by atoms with Crippen molar-refractivity contribution in [2.75, 3.05) is 5.43 Å². The van der Waals surface area contributed by atoms with Crippen LogP contribution in [0.1, 0.15) is 16.1 Å². The number of carbonyl (C=O) groups is 1. The summed E-state index contributed by atoms with van der Waals surface area (Å²) >= 11 is 5.91. The van der Waals surface area contributed by atoms with E-state index in [4.69, 9.17) is 17.4 Å². The number of nitrogens with one attached hydrogen (secondary N) is 2. The van der Waals surface area contributed by atoms with Crippen LogP contribution in [0.5, 0.6) is 0 Å². The second-order valence-electron chi connectivity index (χ2n) is 3.98. The van der Waals surface area contributed by atoms with Crippen LogP contribution in [0.2, 0.25) is 5.02 Å². The zero-order valence-corrected chi connectivity index (χ0v) is 11.1. The van der Waals surface area contributed by atoms with Gasteiger partial charge in [0.2, 0.25) is 0 Å². The van der Waals surface area contributed by atoms with Crippen LogP contribution in [0.4, 0.5) is 10.2 Å². The van der Waals surface area contributed by atoms with Crippen LogP contribution in [0.25, 0.3) is 0 Å². The summed E-state index contributed by atoms with van der Waals surface area (Å²) in [6.07, 6.45) is 0. The standard InChI is InChI=1S/C13H12ClFN4O/c14-10-5-6-11(19-16)18-12(10)13(20)17-7-8-1-3-9(15)4-2-8/h1-6H,7,16H2,(H,17,20)(H,18,19). The third-order valence-corrected chi connectivity index (χ3v) is 2.88. The molecule has 7 heteroatoms. The van der Waals surface area contributed by atoms with Gasteiger partial charge in [-0.2, -0.15) is 0 Å². The number of anilines is 1. The quantitative estimate of drug-likeness (QED) is 0.596. The number of hydrogen-bond donors (Lipinski definition) is 3. The van der Waals surface area contributed by atoms with E-state index in [0.717, 1.165) is 5.56 Å². The molecule has 2 aromatic rings. The first kappa shape index (κ1) is 14.2. The summed E-state index contributed by atoms with van der Waals surface area (Å²) in [5.41, 5.74) is 3.18. The lowest BCUT2D eigenvalue weighted by atomic mass is 10.2. The van der Waals surface area contributed by atoms with Crippen molar-refractivity contribution in [1.82, 2.24) is 10.3 Å². The van der Waals surface area contributed by atoms with Gasteiger partial charge in [0.1, 0.15) is 17.3 Å². The Kier molecular flexibility index (Phi) is 4.49. The van der Waals surface area contributed by atoms with Gasteiger partial charge in [0.15, 0.2) is 0 Å². The normalized spacial score (nSPS) is 10.2. The van der Waals surface area contributed by atoms with Gasteiger partial charge in [-0.3, -0.25) is 4.79 Å². The number of hydrogen-bond acceptors (Lipinski definition) is 4. The molecule has 0 aliphatic carbocycles. The van der Waals surface area contributed by atoms with E-state index in [-0.39, 0.29) is 23.1 Å². The van der Waals surface area contributed by atoms with Crippen LogP contribution < -0.4 is 16.6 Å². The van der Waals surface area contributed by atoms with Gasteiger partial charge in [-0.05, 0) is 29.8 Å². The van der Waals surface area contributed by atoms with E-state index in [1.165, 1.54) is 18.2 Å². The molecule has 0 unspecified atom stereocenters. The van der Waals surface area contributed by atoms with Crippen molar-refractivity contribution in [3.05, 3.63) is 58.5 Å². The van der Waals surface area contributed by atoms with Crippen LogP contribution in [-0.4, -0.2) is 10.9 Å². The fourth-order valence-electron chi connectivity index (χ4n) is 1.55. The summed E-state index contributed by atoms with van der Waals surface area (Å²) in [5, 5.41) is 2.87. The molecule has 1 aromatic carbocycles. The van der Waals surface area contributed by atoms with Crippen LogP contribution in [0, 0.1) is 5.82 Å². The van der Waals surface area contributed by atoms with Gasteiger partial charge in [0, 0.05) is 6.54 Å². The lowest BCUT2D eigenvalue weighted by Crippen LogP contribution is -2.24. The Morgan fingerprint density at radius 3 is 2.60 bits per heavy atom. The molecule has 4 N–H and O–H groups in total. The second kappa shape index (κ2) is 6.31. The summed E-state index contributed by atoms with van der Waals surface area (Å²) in [6.45, 7) is 0.247. The highest BCUT2D eigenvalue weighted by molar-refractivity contribution is 6.33. The van der Waals surface area contributed by atoms with Gasteiger partial charge >= 0.3 is 0 Å². The predicted molar refractivity (Wildman–Crippen MR) is 74.6 cm³/mol. The molecule has 20 heavy (non-hydrogen) atoms. The van der Waals surface area contributed by atoms with Gasteiger partial charge in [-0.1, -0.05) is 23.7 Å². The Balaban J connectivity index is 2.06. The van der Waals surface area contributed by atoms with E-state index in [9.17, 15) is 9.18 Å². The van der Waals surface area contributed by atoms with Crippen LogP contribution in [-0.2, 0) is 6.54 Å². The molecule has 0 fully saturated rings. The number of pyridine rings is 1. The number of aromatic nitrogens is 1. The lowest BCUT2D eigenvalue weighted by molar-refractivity contribution is 0.0946. The number of benzene rings is 1. The Hall–Kier alpha value is -2.18. The third kappa shape index (κ3) is 3.43. The Labute approximate surface area is 119 Å². The van der Waals surface area contributed by atoms with Crippen molar-refractivity contribution >= 4 is 23.3 Å². The van der Waals surface area contributed by atoms with Crippen LogP contribution in [0.15, 0.2) is 36.4 Å². The Morgan fingerprint density at radius 2 is 1.95 bits per heavy atom. The highest BCUT2D eigenvalue weighted by Gasteiger charge is 2.12. The number of amides is 1. The minimum Gasteiger partial charge on any atom is -0.347 e. The molecule has 0 bridgehead atoms. The minimum atomic E-state index is -0.434. The third-order valence-electron chi connectivity index (χ3n) is 2.58. The SMILES string of the molecule is NNc1ccc(Cl)c(C(=O)NCc2ccc(F)cc2)n1. The molecule has 0 aliphatic rings. The van der Waals surface area contributed by atoms with Crippen molar-refractivity contribution in [2.24, 2.45) is 5.84 Å². The van der Waals surface area contributed by atoms with Crippen molar-refractivity contribution in [2.45, 2.75) is 6.54 Å². The number of halogens is 2. The monoisotopic (exact) mass is 294 g/mol. The fraction of sp³-hybridized carbons (Fsp3) is 0.0769. The molecular weight excluding hydrogens is 283 g/mol. The zero-order chi connectivity index (χ0) is 14.5. The van der Waals surface area contributed by atoms with Gasteiger partial charge in [0.05, 0.1) is 5.02 Å². The van der Waals surface area contributed by atoms with E-state index in [1.54, 1.807) is 18.2 Å². The van der Waals surface area contributed by atoms with E-state index in [1.807, 2.05) is 0 Å². The van der Waals surface area contributed by atoms with Crippen molar-refractivity contribution < 1.29 is 9.18 Å². The van der Waals surface area contributed by atoms with E-state index >= 15 is 0 Å². The van der Waals surface area contributed by atoms with E-state index in [2.05, 4.69) is 15.7 Å². The molecule has 0 saturated carbocycles. The largest absolute Gasteiger partial charge is 0.347 e. The van der Waals surface area contributed by atoms with Crippen molar-refractivity contribution in [1.29, 1.82) is 0 Å². The average Bonchev–Trinajstić information content (AvgIpc) is 2.47. The van der Waals surface area contributed by atoms with Gasteiger partial charge < -0.3 is 10.7 Å². The summed E-state index contributed by atoms with van der Waals surface area (Å²) in [7, 11) is 0. The molecule has 0 saturated heterocycles. The number of rotatable bonds is 4. The predicted octanol–water partition coefficient (Wildman–Crippen LogP) is 2.09. The van der Waals surface area contributed by atoms with Crippen LogP contribution >= 0.6 is 11.6 Å². The van der Waals surface area contributed by atoms with Gasteiger partial charge in [-0.25, -0.2) is 15.2 Å². The maximum atomic E-state index is 12.8. The molecule has 0 aliphatic heterocycles. The highest BCUT2D eigenvalue weighted by atomic mass is 35.5. The molecule has 104 valence electrons. The van der Waals surface area contributed by atoms with E-state index in [0.29, 0.717) is 5.82 Å². The zero-order valence-electron chi connectivity index (χ0n) is 10.4. The number of hydrazine groups is 1. The summed E-state index contributed by atoms with van der Waals surface area (Å²) < 4.78 is 12.8. The summed E-state index contributed by atoms with van der Waals surface area (Å²) in [4.78, 5) is 16.0. The molecular formula is C13H12ClFN4O. The summed E-state index contributed by atoms with van der Waals surface area (Å²) in [5.74, 6) is 4.80. The molecule has 0 spiro atoms. The maximum Gasteiger partial charge on any atom is 0.271 e. The first-order valence-corrected chi connectivity index (χ1v) is 6.14. The molecule has 0 radical (unpaired) electrons. The van der Waals surface area contributed by atoms with Gasteiger partial charge in [0.25, 0.3) is 5.91 Å². The first-order valence-electron chi connectivity index (χ1n) is 5.76. The van der Waals surface area contributed by atoms with E-state index < -0.39 is 5.91 Å². The molecule has 1 heterocycles. The molecule has 5 nitrogen and oxygen atoms in total. The topological polar surface area (TPSA) is 80.0 Å². The second-order valence-corrected chi connectivity index (χ2v) is 4.39. The smallest absolute Gasteiger partial charge is 0.271 e. The number of nitrogen functional groups attached to an aromatic ring is 1. The minimum absolute atomic E-state index is 0.0734. The summed E-state index contributed by atoms with van der Waals surface area (Å²) in [6, 6.07) is 8.90. The van der Waals surface area contributed by atoms with Crippen molar-refractivity contribution in [3.8, 4) is 0 Å². The number of nitrogens with two attached hydrogens (primary N) is 1. The first-order chi connectivity index (χ1) is 9.60. The molecule has 1 aromatic heterocycles. The Bertz CT molecular complexity index is 618. The molecule has 2 rings (SSSR count).